The van der Waals surface area contributed by atoms with E-state index in [2.05, 4.69) is 26.0 Å². The highest BCUT2D eigenvalue weighted by molar-refractivity contribution is 6.00. The Kier molecular flexibility index (Phi) is 5.01. The second-order valence-corrected chi connectivity index (χ2v) is 8.91. The average molecular weight is 438 g/mol. The molecule has 168 valence electrons. The van der Waals surface area contributed by atoms with Gasteiger partial charge in [-0.15, -0.1) is 0 Å². The molecule has 0 unspecified atom stereocenters. The molecular weight excluding hydrogens is 412 g/mol. The minimum Gasteiger partial charge on any atom is -0.454 e. The summed E-state index contributed by atoms with van der Waals surface area (Å²) >= 11 is 0. The van der Waals surface area contributed by atoms with E-state index in [1.54, 1.807) is 4.52 Å². The van der Waals surface area contributed by atoms with Crippen LogP contribution in [-0.4, -0.2) is 51.6 Å². The van der Waals surface area contributed by atoms with E-state index < -0.39 is 5.41 Å². The Hall–Kier alpha value is -3.53. The average Bonchev–Trinajstić information content (AvgIpc) is 3.28. The van der Waals surface area contributed by atoms with Gasteiger partial charge in [-0.3, -0.25) is 4.79 Å². The summed E-state index contributed by atoms with van der Waals surface area (Å²) in [5.74, 6) is 2.31. The molecule has 0 spiro atoms. The second kappa shape index (κ2) is 7.86. The maximum absolute atomic E-state index is 12.9. The maximum Gasteiger partial charge on any atom is 0.256 e. The Labute approximate surface area is 184 Å². The Morgan fingerprint density at radius 3 is 2.94 bits per heavy atom. The summed E-state index contributed by atoms with van der Waals surface area (Å²) in [5.41, 5.74) is 1.10. The van der Waals surface area contributed by atoms with E-state index in [0.29, 0.717) is 41.1 Å². The van der Waals surface area contributed by atoms with Crippen LogP contribution in [0.25, 0.3) is 5.65 Å². The molecule has 0 atom stereocenters. The Morgan fingerprint density at radius 1 is 1.31 bits per heavy atom. The van der Waals surface area contributed by atoms with Gasteiger partial charge in [-0.05, 0) is 25.0 Å². The fourth-order valence-corrected chi connectivity index (χ4v) is 3.36. The Bertz CT molecular complexity index is 1170. The van der Waals surface area contributed by atoms with Gasteiger partial charge in [0.05, 0.1) is 11.9 Å². The summed E-state index contributed by atoms with van der Waals surface area (Å²) in [7, 11) is 0. The molecule has 5 rings (SSSR count). The third-order valence-corrected chi connectivity index (χ3v) is 5.46. The van der Waals surface area contributed by atoms with Gasteiger partial charge < -0.3 is 30.5 Å². The first-order valence-corrected chi connectivity index (χ1v) is 10.6. The summed E-state index contributed by atoms with van der Waals surface area (Å²) in [6.45, 7) is 4.23. The Balaban J connectivity index is 1.49. The van der Waals surface area contributed by atoms with Crippen molar-refractivity contribution < 1.29 is 19.4 Å². The van der Waals surface area contributed by atoms with Crippen molar-refractivity contribution in [2.75, 3.05) is 30.6 Å². The van der Waals surface area contributed by atoms with Crippen LogP contribution in [0, 0.1) is 5.41 Å². The van der Waals surface area contributed by atoms with Gasteiger partial charge in [-0.25, -0.2) is 4.98 Å². The van der Waals surface area contributed by atoms with Crippen LogP contribution < -0.4 is 25.4 Å². The number of anilines is 3. The number of aliphatic hydroxyl groups is 1. The zero-order valence-corrected chi connectivity index (χ0v) is 18.0. The molecule has 1 aliphatic carbocycles. The number of benzene rings is 1. The standard InChI is InChI=1S/C22H26N6O4/c1-22(2,11-29)10-23-21(30)14-9-24-28-18(25-13-6-7-13)8-17(27-20(14)28)26-15-4-3-5-16-19(15)32-12-31-16/h3-5,8-9,13,25,29H,6-7,10-12H2,1-2H3,(H,23,30)(H,26,27). The monoisotopic (exact) mass is 438 g/mol. The molecule has 1 fully saturated rings. The third-order valence-electron chi connectivity index (χ3n) is 5.46. The van der Waals surface area contributed by atoms with E-state index in [0.717, 1.165) is 24.3 Å². The minimum atomic E-state index is -0.423. The van der Waals surface area contributed by atoms with Crippen LogP contribution in [0.3, 0.4) is 0 Å². The second-order valence-electron chi connectivity index (χ2n) is 8.91. The largest absolute Gasteiger partial charge is 0.454 e. The van der Waals surface area contributed by atoms with Crippen molar-refractivity contribution in [1.82, 2.24) is 19.9 Å². The minimum absolute atomic E-state index is 0.0308. The number of nitrogens with zero attached hydrogens (tertiary/aromatic N) is 3. The highest BCUT2D eigenvalue weighted by Crippen LogP contribution is 2.40. The van der Waals surface area contributed by atoms with Crippen molar-refractivity contribution in [2.45, 2.75) is 32.7 Å². The summed E-state index contributed by atoms with van der Waals surface area (Å²) in [6, 6.07) is 7.85. The van der Waals surface area contributed by atoms with E-state index >= 15 is 0 Å². The highest BCUT2D eigenvalue weighted by Gasteiger charge is 2.25. The SMILES string of the molecule is CC(C)(CO)CNC(=O)c1cnn2c(NC3CC3)cc(Nc3cccc4c3OCO4)nc12. The van der Waals surface area contributed by atoms with Gasteiger partial charge in [0.25, 0.3) is 5.91 Å². The first-order chi connectivity index (χ1) is 15.4. The van der Waals surface area contributed by atoms with Gasteiger partial charge in [0.2, 0.25) is 6.79 Å². The molecule has 3 aromatic rings. The van der Waals surface area contributed by atoms with Crippen molar-refractivity contribution in [3.05, 3.63) is 36.0 Å². The van der Waals surface area contributed by atoms with Crippen LogP contribution in [0.1, 0.15) is 37.0 Å². The molecule has 3 heterocycles. The van der Waals surface area contributed by atoms with Gasteiger partial charge in [0, 0.05) is 30.7 Å². The molecular formula is C22H26N6O4. The van der Waals surface area contributed by atoms with Crippen LogP contribution in [0.4, 0.5) is 17.3 Å². The molecule has 1 aliphatic heterocycles. The fraction of sp³-hybridized carbons (Fsp3) is 0.409. The first kappa shape index (κ1) is 20.4. The molecule has 10 nitrogen and oxygen atoms in total. The topological polar surface area (TPSA) is 122 Å². The molecule has 2 aliphatic rings. The van der Waals surface area contributed by atoms with E-state index in [4.69, 9.17) is 9.47 Å². The van der Waals surface area contributed by atoms with Crippen molar-refractivity contribution in [2.24, 2.45) is 5.41 Å². The lowest BCUT2D eigenvalue weighted by molar-refractivity contribution is 0.0912. The molecule has 10 heteroatoms. The maximum atomic E-state index is 12.9. The number of ether oxygens (including phenoxy) is 2. The zero-order valence-electron chi connectivity index (χ0n) is 18.0. The number of nitrogens with one attached hydrogen (secondary N) is 3. The van der Waals surface area contributed by atoms with Crippen molar-refractivity contribution >= 4 is 28.9 Å². The number of carbonyl (C=O) groups is 1. The lowest BCUT2D eigenvalue weighted by atomic mass is 9.95. The first-order valence-electron chi connectivity index (χ1n) is 10.6. The van der Waals surface area contributed by atoms with Crippen LogP contribution in [0.2, 0.25) is 0 Å². The number of rotatable bonds is 8. The number of aliphatic hydroxyl groups excluding tert-OH is 1. The van der Waals surface area contributed by atoms with E-state index in [-0.39, 0.29) is 19.3 Å². The molecule has 0 bridgehead atoms. The molecule has 0 saturated heterocycles. The number of carbonyl (C=O) groups excluding carboxylic acids is 1. The van der Waals surface area contributed by atoms with Crippen molar-refractivity contribution in [3.63, 3.8) is 0 Å². The lowest BCUT2D eigenvalue weighted by Gasteiger charge is -2.21. The van der Waals surface area contributed by atoms with Crippen LogP contribution in [0.5, 0.6) is 11.5 Å². The highest BCUT2D eigenvalue weighted by atomic mass is 16.7. The summed E-state index contributed by atoms with van der Waals surface area (Å²) in [4.78, 5) is 17.6. The van der Waals surface area contributed by atoms with E-state index in [1.165, 1.54) is 6.20 Å². The van der Waals surface area contributed by atoms with Gasteiger partial charge in [-0.2, -0.15) is 9.61 Å². The van der Waals surface area contributed by atoms with Crippen molar-refractivity contribution in [1.29, 1.82) is 0 Å². The summed E-state index contributed by atoms with van der Waals surface area (Å²) in [5, 5.41) is 23.5. The number of fused-ring (bicyclic) bond motifs is 2. The number of hydrogen-bond donors (Lipinski definition) is 4. The smallest absolute Gasteiger partial charge is 0.256 e. The van der Waals surface area contributed by atoms with Gasteiger partial charge in [0.15, 0.2) is 17.1 Å². The van der Waals surface area contributed by atoms with Gasteiger partial charge >= 0.3 is 0 Å². The molecule has 4 N–H and O–H groups in total. The van der Waals surface area contributed by atoms with Crippen molar-refractivity contribution in [3.8, 4) is 11.5 Å². The fourth-order valence-electron chi connectivity index (χ4n) is 3.36. The number of hydrogen-bond acceptors (Lipinski definition) is 8. The number of para-hydroxylation sites is 1. The molecule has 0 radical (unpaired) electrons. The van der Waals surface area contributed by atoms with Gasteiger partial charge in [-0.1, -0.05) is 19.9 Å². The van der Waals surface area contributed by atoms with Crippen LogP contribution in [0.15, 0.2) is 30.5 Å². The number of aromatic nitrogens is 3. The predicted molar refractivity (Wildman–Crippen MR) is 119 cm³/mol. The molecule has 1 amide bonds. The lowest BCUT2D eigenvalue weighted by Crippen LogP contribution is -2.36. The van der Waals surface area contributed by atoms with Crippen LogP contribution in [-0.2, 0) is 0 Å². The molecule has 32 heavy (non-hydrogen) atoms. The van der Waals surface area contributed by atoms with Gasteiger partial charge in [0.1, 0.15) is 17.2 Å². The molecule has 2 aromatic heterocycles. The molecule has 1 aromatic carbocycles. The molecule has 1 saturated carbocycles. The van der Waals surface area contributed by atoms with E-state index in [1.807, 2.05) is 38.1 Å². The zero-order chi connectivity index (χ0) is 22.3. The Morgan fingerprint density at radius 2 is 2.16 bits per heavy atom. The quantitative estimate of drug-likeness (QED) is 0.423. The predicted octanol–water partition coefficient (Wildman–Crippen LogP) is 2.52. The van der Waals surface area contributed by atoms with E-state index in [9.17, 15) is 9.90 Å². The number of amides is 1. The normalized spacial score (nSPS) is 15.1. The summed E-state index contributed by atoms with van der Waals surface area (Å²) in [6.07, 6.45) is 3.70. The van der Waals surface area contributed by atoms with Crippen LogP contribution >= 0.6 is 0 Å². The third kappa shape index (κ3) is 4.01. The summed E-state index contributed by atoms with van der Waals surface area (Å²) < 4.78 is 12.7.